The highest BCUT2D eigenvalue weighted by Crippen LogP contribution is 2.47. The summed E-state index contributed by atoms with van der Waals surface area (Å²) in [5.41, 5.74) is 1.97. The summed E-state index contributed by atoms with van der Waals surface area (Å²) in [4.78, 5) is 12.8. The molecule has 4 heteroatoms. The molecule has 0 bridgehead atoms. The Bertz CT molecular complexity index is 766. The van der Waals surface area contributed by atoms with Gasteiger partial charge in [-0.25, -0.2) is 9.97 Å². The topological polar surface area (TPSA) is 25.8 Å². The number of thioether (sulfide) groups is 1. The third-order valence-electron chi connectivity index (χ3n) is 5.41. The number of thiophene rings is 1. The highest BCUT2D eigenvalue weighted by molar-refractivity contribution is 8.00. The van der Waals surface area contributed by atoms with Crippen LogP contribution in [-0.2, 0) is 12.8 Å². The van der Waals surface area contributed by atoms with Crippen molar-refractivity contribution in [3.63, 3.8) is 0 Å². The molecular formula is C20H28N2S2. The number of fused-ring (bicyclic) bond motifs is 3. The van der Waals surface area contributed by atoms with Crippen LogP contribution in [0, 0.1) is 11.3 Å². The maximum atomic E-state index is 5.01. The van der Waals surface area contributed by atoms with Crippen molar-refractivity contribution in [1.29, 1.82) is 0 Å². The molecule has 0 spiro atoms. The SMILES string of the molecule is CC(C)Sc1nc(C2CC2)nc2sc3c(c12)CCC(C(C)(C)C)C3. The Labute approximate surface area is 153 Å². The van der Waals surface area contributed by atoms with Crippen molar-refractivity contribution in [3.05, 3.63) is 16.3 Å². The number of hydrogen-bond donors (Lipinski definition) is 0. The van der Waals surface area contributed by atoms with E-state index in [9.17, 15) is 0 Å². The first-order valence-electron chi connectivity index (χ1n) is 9.31. The molecule has 4 rings (SSSR count). The van der Waals surface area contributed by atoms with Crippen molar-refractivity contribution >= 4 is 33.3 Å². The smallest absolute Gasteiger partial charge is 0.134 e. The average Bonchev–Trinajstić information content (AvgIpc) is 3.25. The summed E-state index contributed by atoms with van der Waals surface area (Å²) in [6.07, 6.45) is 6.28. The van der Waals surface area contributed by atoms with Gasteiger partial charge in [-0.3, -0.25) is 0 Å². The molecule has 0 radical (unpaired) electrons. The molecule has 2 nitrogen and oxygen atoms in total. The van der Waals surface area contributed by atoms with Crippen LogP contribution in [0.25, 0.3) is 10.2 Å². The van der Waals surface area contributed by atoms with E-state index in [1.807, 2.05) is 23.1 Å². The zero-order valence-corrected chi connectivity index (χ0v) is 17.1. The number of nitrogens with zero attached hydrogens (tertiary/aromatic N) is 2. The van der Waals surface area contributed by atoms with Gasteiger partial charge in [0.15, 0.2) is 0 Å². The Morgan fingerprint density at radius 1 is 1.12 bits per heavy atom. The lowest BCUT2D eigenvalue weighted by atomic mass is 9.72. The van der Waals surface area contributed by atoms with E-state index in [-0.39, 0.29) is 0 Å². The van der Waals surface area contributed by atoms with Gasteiger partial charge in [0, 0.05) is 21.4 Å². The van der Waals surface area contributed by atoms with Crippen LogP contribution in [0.5, 0.6) is 0 Å². The Kier molecular flexibility index (Phi) is 4.20. The standard InChI is InChI=1S/C20H28N2S2/c1-11(2)23-18-16-14-9-8-13(20(3,4)5)10-15(14)24-19(16)22-17(21-18)12-6-7-12/h11-13H,6-10H2,1-5H3. The summed E-state index contributed by atoms with van der Waals surface area (Å²) in [5.74, 6) is 2.52. The van der Waals surface area contributed by atoms with Crippen LogP contribution < -0.4 is 0 Å². The van der Waals surface area contributed by atoms with Crippen LogP contribution in [0.2, 0.25) is 0 Å². The fraction of sp³-hybridized carbons (Fsp3) is 0.700. The van der Waals surface area contributed by atoms with E-state index in [1.165, 1.54) is 47.3 Å². The molecule has 2 aliphatic rings. The normalized spacial score (nSPS) is 21.5. The number of aryl methyl sites for hydroxylation is 1. The molecule has 1 unspecified atom stereocenters. The average molecular weight is 361 g/mol. The molecule has 0 amide bonds. The lowest BCUT2D eigenvalue weighted by Crippen LogP contribution is -2.26. The molecule has 2 aromatic rings. The second-order valence-electron chi connectivity index (χ2n) is 8.82. The predicted octanol–water partition coefficient (Wildman–Crippen LogP) is 6.22. The molecule has 1 saturated carbocycles. The summed E-state index contributed by atoms with van der Waals surface area (Å²) in [7, 11) is 0. The predicted molar refractivity (Wildman–Crippen MR) is 105 cm³/mol. The quantitative estimate of drug-likeness (QED) is 0.480. The minimum atomic E-state index is 0.397. The van der Waals surface area contributed by atoms with Gasteiger partial charge in [0.05, 0.1) is 0 Å². The molecule has 24 heavy (non-hydrogen) atoms. The second kappa shape index (κ2) is 5.98. The number of aromatic nitrogens is 2. The molecule has 1 atom stereocenters. The van der Waals surface area contributed by atoms with Crippen molar-refractivity contribution < 1.29 is 0 Å². The zero-order valence-electron chi connectivity index (χ0n) is 15.5. The first kappa shape index (κ1) is 16.8. The Balaban J connectivity index is 1.81. The monoisotopic (exact) mass is 360 g/mol. The van der Waals surface area contributed by atoms with Gasteiger partial charge in [-0.1, -0.05) is 34.6 Å². The number of hydrogen-bond acceptors (Lipinski definition) is 4. The largest absolute Gasteiger partial charge is 0.226 e. The molecule has 0 aromatic carbocycles. The van der Waals surface area contributed by atoms with E-state index in [2.05, 4.69) is 34.6 Å². The maximum Gasteiger partial charge on any atom is 0.134 e. The molecule has 2 aliphatic carbocycles. The van der Waals surface area contributed by atoms with E-state index in [1.54, 1.807) is 10.4 Å². The van der Waals surface area contributed by atoms with Crippen LogP contribution in [0.1, 0.15) is 76.1 Å². The van der Waals surface area contributed by atoms with Gasteiger partial charge in [0.25, 0.3) is 0 Å². The lowest BCUT2D eigenvalue weighted by Gasteiger charge is -2.33. The highest BCUT2D eigenvalue weighted by atomic mass is 32.2. The van der Waals surface area contributed by atoms with E-state index < -0.39 is 0 Å². The molecule has 2 aromatic heterocycles. The van der Waals surface area contributed by atoms with Gasteiger partial charge in [-0.15, -0.1) is 23.1 Å². The molecule has 0 N–H and O–H groups in total. The molecule has 130 valence electrons. The molecule has 2 heterocycles. The third kappa shape index (κ3) is 3.12. The Hall–Kier alpha value is -0.610. The second-order valence-corrected chi connectivity index (χ2v) is 11.5. The summed E-state index contributed by atoms with van der Waals surface area (Å²) in [5, 5.41) is 3.21. The maximum absolute atomic E-state index is 5.01. The highest BCUT2D eigenvalue weighted by Gasteiger charge is 2.33. The van der Waals surface area contributed by atoms with Crippen molar-refractivity contribution in [2.75, 3.05) is 0 Å². The first-order valence-corrected chi connectivity index (χ1v) is 11.0. The summed E-state index contributed by atoms with van der Waals surface area (Å²) in [6.45, 7) is 11.7. The fourth-order valence-corrected chi connectivity index (χ4v) is 6.03. The zero-order chi connectivity index (χ0) is 17.1. The van der Waals surface area contributed by atoms with Crippen LogP contribution in [0.3, 0.4) is 0 Å². The molecular weight excluding hydrogens is 332 g/mol. The number of rotatable bonds is 3. The summed E-state index contributed by atoms with van der Waals surface area (Å²) >= 11 is 3.88. The van der Waals surface area contributed by atoms with Crippen molar-refractivity contribution in [1.82, 2.24) is 9.97 Å². The van der Waals surface area contributed by atoms with E-state index >= 15 is 0 Å². The van der Waals surface area contributed by atoms with Crippen molar-refractivity contribution in [2.24, 2.45) is 11.3 Å². The van der Waals surface area contributed by atoms with Gasteiger partial charge in [-0.05, 0) is 49.0 Å². The third-order valence-corrected chi connectivity index (χ3v) is 7.55. The van der Waals surface area contributed by atoms with Crippen LogP contribution >= 0.6 is 23.1 Å². The minimum absolute atomic E-state index is 0.397. The molecule has 0 aliphatic heterocycles. The van der Waals surface area contributed by atoms with E-state index in [0.29, 0.717) is 16.6 Å². The van der Waals surface area contributed by atoms with Gasteiger partial charge in [0.1, 0.15) is 15.7 Å². The summed E-state index contributed by atoms with van der Waals surface area (Å²) < 4.78 is 0. The Morgan fingerprint density at radius 2 is 1.88 bits per heavy atom. The minimum Gasteiger partial charge on any atom is -0.226 e. The lowest BCUT2D eigenvalue weighted by molar-refractivity contribution is 0.218. The van der Waals surface area contributed by atoms with Gasteiger partial charge in [-0.2, -0.15) is 0 Å². The van der Waals surface area contributed by atoms with Crippen LogP contribution in [0.4, 0.5) is 0 Å². The van der Waals surface area contributed by atoms with Crippen LogP contribution in [-0.4, -0.2) is 15.2 Å². The van der Waals surface area contributed by atoms with E-state index in [4.69, 9.17) is 9.97 Å². The fourth-order valence-electron chi connectivity index (χ4n) is 3.73. The molecule has 0 saturated heterocycles. The van der Waals surface area contributed by atoms with Crippen molar-refractivity contribution in [3.8, 4) is 0 Å². The van der Waals surface area contributed by atoms with Gasteiger partial charge in [0.2, 0.25) is 0 Å². The first-order chi connectivity index (χ1) is 11.3. The van der Waals surface area contributed by atoms with Gasteiger partial charge < -0.3 is 0 Å². The van der Waals surface area contributed by atoms with Crippen molar-refractivity contribution in [2.45, 2.75) is 82.9 Å². The van der Waals surface area contributed by atoms with Gasteiger partial charge >= 0.3 is 0 Å². The Morgan fingerprint density at radius 3 is 2.50 bits per heavy atom. The van der Waals surface area contributed by atoms with Crippen LogP contribution in [0.15, 0.2) is 5.03 Å². The summed E-state index contributed by atoms with van der Waals surface area (Å²) in [6, 6.07) is 0. The molecule has 1 fully saturated rings. The van der Waals surface area contributed by atoms with E-state index in [0.717, 1.165) is 11.7 Å².